The summed E-state index contributed by atoms with van der Waals surface area (Å²) in [5, 5.41) is 7.46. The summed E-state index contributed by atoms with van der Waals surface area (Å²) < 4.78 is 16.2. The molecule has 0 radical (unpaired) electrons. The maximum atomic E-state index is 5.53. The van der Waals surface area contributed by atoms with E-state index in [1.54, 1.807) is 7.11 Å². The molecule has 2 aromatic rings. The van der Waals surface area contributed by atoms with E-state index in [1.165, 1.54) is 0 Å². The number of aromatic nitrogens is 2. The second-order valence-electron chi connectivity index (χ2n) is 5.87. The van der Waals surface area contributed by atoms with Gasteiger partial charge in [0.15, 0.2) is 17.3 Å². The number of halogens is 1. The second kappa shape index (κ2) is 9.56. The molecule has 0 bridgehead atoms. The smallest absolute Gasteiger partial charge is 0.250 e. The third kappa shape index (κ3) is 4.75. The number of ether oxygens (including phenoxy) is 2. The van der Waals surface area contributed by atoms with Gasteiger partial charge in [-0.25, -0.2) is 0 Å². The van der Waals surface area contributed by atoms with E-state index in [0.717, 1.165) is 30.9 Å². The molecule has 1 aliphatic rings. The quantitative estimate of drug-likeness (QED) is 0.825. The van der Waals surface area contributed by atoms with Crippen LogP contribution in [0.2, 0.25) is 0 Å². The maximum Gasteiger partial charge on any atom is 0.250 e. The predicted molar refractivity (Wildman–Crippen MR) is 103 cm³/mol. The fourth-order valence-electron chi connectivity index (χ4n) is 2.77. The molecule has 0 spiro atoms. The molecule has 1 N–H and O–H groups in total. The van der Waals surface area contributed by atoms with Crippen LogP contribution in [0.25, 0.3) is 12.2 Å². The topological polar surface area (TPSA) is 72.7 Å². The highest BCUT2D eigenvalue weighted by atomic mass is 35.5. The van der Waals surface area contributed by atoms with Gasteiger partial charge < -0.3 is 19.3 Å². The zero-order chi connectivity index (χ0) is 17.6. The van der Waals surface area contributed by atoms with E-state index in [2.05, 4.69) is 27.4 Å². The van der Waals surface area contributed by atoms with Crippen LogP contribution in [0.4, 0.5) is 0 Å². The Labute approximate surface area is 159 Å². The number of hydrogen-bond donors (Lipinski definition) is 1. The minimum Gasteiger partial charge on any atom is -0.493 e. The van der Waals surface area contributed by atoms with Crippen LogP contribution in [0.1, 0.15) is 30.2 Å². The molecule has 7 nitrogen and oxygen atoms in total. The molecule has 1 aliphatic heterocycles. The first-order valence-corrected chi connectivity index (χ1v) is 8.44. The largest absolute Gasteiger partial charge is 0.493 e. The zero-order valence-electron chi connectivity index (χ0n) is 15.3. The van der Waals surface area contributed by atoms with Crippen LogP contribution >= 0.6 is 12.4 Å². The lowest BCUT2D eigenvalue weighted by Gasteiger charge is -2.30. The second-order valence-corrected chi connectivity index (χ2v) is 5.87. The first-order valence-electron chi connectivity index (χ1n) is 8.44. The normalized spacial score (nSPS) is 17.9. The Morgan fingerprint density at radius 3 is 2.92 bits per heavy atom. The van der Waals surface area contributed by atoms with Crippen LogP contribution in [-0.2, 0) is 0 Å². The number of nitrogens with one attached hydrogen (secondary N) is 1. The van der Waals surface area contributed by atoms with Crippen molar-refractivity contribution >= 4 is 24.6 Å². The van der Waals surface area contributed by atoms with E-state index < -0.39 is 0 Å². The van der Waals surface area contributed by atoms with Crippen molar-refractivity contribution in [3.8, 4) is 11.5 Å². The van der Waals surface area contributed by atoms with Gasteiger partial charge in [0.05, 0.1) is 19.8 Å². The standard InChI is InChI=1S/C18H24N4O3.ClH/c1-4-24-15-7-5-13(11-16(15)23-3)6-8-17-20-18(21-25-17)14-12-19-9-10-22(14)2;/h5-8,11,14,19H,4,9-10,12H2,1-3H3;1H/b8-6+;. The summed E-state index contributed by atoms with van der Waals surface area (Å²) >= 11 is 0. The highest BCUT2D eigenvalue weighted by Crippen LogP contribution is 2.28. The van der Waals surface area contributed by atoms with Crippen molar-refractivity contribution < 1.29 is 14.0 Å². The molecule has 0 aliphatic carbocycles. The number of hydrogen-bond acceptors (Lipinski definition) is 7. The Morgan fingerprint density at radius 2 is 2.19 bits per heavy atom. The van der Waals surface area contributed by atoms with Gasteiger partial charge in [-0.2, -0.15) is 4.98 Å². The highest BCUT2D eigenvalue weighted by molar-refractivity contribution is 5.85. The molecule has 3 rings (SSSR count). The van der Waals surface area contributed by atoms with E-state index in [0.29, 0.717) is 24.1 Å². The molecule has 1 fully saturated rings. The van der Waals surface area contributed by atoms with Crippen LogP contribution < -0.4 is 14.8 Å². The van der Waals surface area contributed by atoms with E-state index >= 15 is 0 Å². The third-order valence-electron chi connectivity index (χ3n) is 4.17. The number of benzene rings is 1. The van der Waals surface area contributed by atoms with E-state index in [9.17, 15) is 0 Å². The van der Waals surface area contributed by atoms with Crippen molar-refractivity contribution in [3.63, 3.8) is 0 Å². The fourth-order valence-corrected chi connectivity index (χ4v) is 2.77. The van der Waals surface area contributed by atoms with Crippen LogP contribution in [0, 0.1) is 0 Å². The van der Waals surface area contributed by atoms with Crippen molar-refractivity contribution in [2.24, 2.45) is 0 Å². The lowest BCUT2D eigenvalue weighted by atomic mass is 10.2. The van der Waals surface area contributed by atoms with Gasteiger partial charge in [-0.05, 0) is 37.7 Å². The molecular weight excluding hydrogens is 356 g/mol. The SMILES string of the molecule is CCOc1ccc(/C=C/c2nc(C3CNCCN3C)no2)cc1OC.Cl. The molecular formula is C18H25ClN4O3. The molecule has 0 saturated carbocycles. The summed E-state index contributed by atoms with van der Waals surface area (Å²) in [7, 11) is 3.70. The summed E-state index contributed by atoms with van der Waals surface area (Å²) in [6.45, 7) is 5.32. The number of rotatable bonds is 6. The Balaban J connectivity index is 0.00000243. The van der Waals surface area contributed by atoms with Gasteiger partial charge in [0.2, 0.25) is 0 Å². The van der Waals surface area contributed by atoms with Gasteiger partial charge in [-0.1, -0.05) is 11.2 Å². The van der Waals surface area contributed by atoms with Crippen LogP contribution in [0.3, 0.4) is 0 Å². The van der Waals surface area contributed by atoms with Gasteiger partial charge in [-0.3, -0.25) is 4.90 Å². The van der Waals surface area contributed by atoms with Gasteiger partial charge in [0, 0.05) is 25.7 Å². The predicted octanol–water partition coefficient (Wildman–Crippen LogP) is 2.65. The van der Waals surface area contributed by atoms with Crippen molar-refractivity contribution in [3.05, 3.63) is 35.5 Å². The fraction of sp³-hybridized carbons (Fsp3) is 0.444. The molecule has 1 saturated heterocycles. The molecule has 26 heavy (non-hydrogen) atoms. The Bertz CT molecular complexity index is 735. The molecule has 1 unspecified atom stereocenters. The van der Waals surface area contributed by atoms with E-state index in [-0.39, 0.29) is 18.4 Å². The van der Waals surface area contributed by atoms with Crippen molar-refractivity contribution in [1.82, 2.24) is 20.4 Å². The molecule has 0 amide bonds. The van der Waals surface area contributed by atoms with Crippen molar-refractivity contribution in [2.45, 2.75) is 13.0 Å². The summed E-state index contributed by atoms with van der Waals surface area (Å²) in [6.07, 6.45) is 3.72. The Kier molecular flexibility index (Phi) is 7.44. The summed E-state index contributed by atoms with van der Waals surface area (Å²) in [4.78, 5) is 6.72. The molecule has 8 heteroatoms. The summed E-state index contributed by atoms with van der Waals surface area (Å²) in [5.74, 6) is 2.63. The number of nitrogens with zero attached hydrogens (tertiary/aromatic N) is 3. The van der Waals surface area contributed by atoms with E-state index in [4.69, 9.17) is 14.0 Å². The molecule has 2 heterocycles. The summed E-state index contributed by atoms with van der Waals surface area (Å²) in [6, 6.07) is 5.91. The Morgan fingerprint density at radius 1 is 1.35 bits per heavy atom. The molecule has 1 atom stereocenters. The number of methoxy groups -OCH3 is 1. The van der Waals surface area contributed by atoms with Crippen molar-refractivity contribution in [2.75, 3.05) is 40.4 Å². The first-order chi connectivity index (χ1) is 12.2. The van der Waals surface area contributed by atoms with Gasteiger partial charge in [0.1, 0.15) is 0 Å². The van der Waals surface area contributed by atoms with Crippen LogP contribution in [0.15, 0.2) is 22.7 Å². The molecule has 1 aromatic heterocycles. The number of piperazine rings is 1. The van der Waals surface area contributed by atoms with Crippen LogP contribution in [0.5, 0.6) is 11.5 Å². The molecule has 142 valence electrons. The minimum atomic E-state index is 0. The minimum absolute atomic E-state index is 0. The third-order valence-corrected chi connectivity index (χ3v) is 4.17. The van der Waals surface area contributed by atoms with Gasteiger partial charge in [-0.15, -0.1) is 12.4 Å². The van der Waals surface area contributed by atoms with Crippen molar-refractivity contribution in [1.29, 1.82) is 0 Å². The Hall–Kier alpha value is -2.09. The average molecular weight is 381 g/mol. The van der Waals surface area contributed by atoms with Gasteiger partial charge in [0.25, 0.3) is 5.89 Å². The lowest BCUT2D eigenvalue weighted by Crippen LogP contribution is -2.44. The van der Waals surface area contributed by atoms with Crippen LogP contribution in [-0.4, -0.2) is 55.4 Å². The van der Waals surface area contributed by atoms with Gasteiger partial charge >= 0.3 is 0 Å². The highest BCUT2D eigenvalue weighted by Gasteiger charge is 2.24. The zero-order valence-corrected chi connectivity index (χ0v) is 16.1. The lowest BCUT2D eigenvalue weighted by molar-refractivity contribution is 0.190. The summed E-state index contributed by atoms with van der Waals surface area (Å²) in [5.41, 5.74) is 0.969. The average Bonchev–Trinajstić information content (AvgIpc) is 3.10. The molecule has 1 aromatic carbocycles. The number of likely N-dealkylation sites (N-methyl/N-ethyl adjacent to an activating group) is 1. The first kappa shape index (κ1) is 20.2. The maximum absolute atomic E-state index is 5.53. The monoisotopic (exact) mass is 380 g/mol. The van der Waals surface area contributed by atoms with E-state index in [1.807, 2.05) is 37.3 Å².